The van der Waals surface area contributed by atoms with Crippen molar-refractivity contribution >= 4 is 10.0 Å². The second kappa shape index (κ2) is 9.94. The molecule has 2 aliphatic heterocycles. The molecule has 0 unspecified atom stereocenters. The van der Waals surface area contributed by atoms with Gasteiger partial charge in [0.2, 0.25) is 10.0 Å². The molecule has 7 heteroatoms. The number of hydrogen-bond donors (Lipinski definition) is 1. The minimum Gasteiger partial charge on any atom is -0.496 e. The number of nitrogens with zero attached hydrogens (tertiary/aromatic N) is 2. The summed E-state index contributed by atoms with van der Waals surface area (Å²) in [5, 5.41) is 0. The van der Waals surface area contributed by atoms with Crippen LogP contribution in [0.4, 0.5) is 0 Å². The Kier molecular flexibility index (Phi) is 6.77. The highest BCUT2D eigenvalue weighted by atomic mass is 32.2. The van der Waals surface area contributed by atoms with Crippen LogP contribution in [0.15, 0.2) is 65.6 Å². The van der Waals surface area contributed by atoms with Crippen LogP contribution in [0.25, 0.3) is 11.3 Å². The molecule has 3 aromatic rings. The van der Waals surface area contributed by atoms with Gasteiger partial charge >= 0.3 is 0 Å². The van der Waals surface area contributed by atoms with Crippen LogP contribution in [0, 0.1) is 0 Å². The average Bonchev–Trinajstić information content (AvgIpc) is 3.15. The van der Waals surface area contributed by atoms with Gasteiger partial charge in [0.1, 0.15) is 5.75 Å². The number of benzene rings is 2. The lowest BCUT2D eigenvalue weighted by Crippen LogP contribution is -2.41. The van der Waals surface area contributed by atoms with Crippen molar-refractivity contribution in [2.45, 2.75) is 49.6 Å². The largest absolute Gasteiger partial charge is 0.496 e. The van der Waals surface area contributed by atoms with Crippen LogP contribution in [0.1, 0.15) is 49.4 Å². The maximum Gasteiger partial charge on any atom is 0.243 e. The number of H-pyrrole nitrogens is 1. The molecule has 1 N–H and O–H groups in total. The number of rotatable bonds is 7. The van der Waals surface area contributed by atoms with E-state index in [4.69, 9.17) is 4.74 Å². The third-order valence-electron chi connectivity index (χ3n) is 7.08. The van der Waals surface area contributed by atoms with Crippen LogP contribution < -0.4 is 4.74 Å². The normalized spacial score (nSPS) is 20.0. The van der Waals surface area contributed by atoms with Gasteiger partial charge in [-0.3, -0.25) is 4.90 Å². The van der Waals surface area contributed by atoms with Crippen molar-refractivity contribution in [3.63, 3.8) is 0 Å². The summed E-state index contributed by atoms with van der Waals surface area (Å²) in [6, 6.07) is 20.5. The number of nitrogens with one attached hydrogen (secondary N) is 1. The maximum atomic E-state index is 12.9. The number of methoxy groups -OCH3 is 1. The summed E-state index contributed by atoms with van der Waals surface area (Å²) in [6.07, 6.45) is 5.82. The first kappa shape index (κ1) is 23.1. The van der Waals surface area contributed by atoms with Crippen molar-refractivity contribution in [1.82, 2.24) is 14.2 Å². The predicted octanol–water partition coefficient (Wildman–Crippen LogP) is 5.20. The van der Waals surface area contributed by atoms with E-state index in [-0.39, 0.29) is 0 Å². The number of likely N-dealkylation sites (tertiary alicyclic amines) is 1. The number of aromatic amines is 1. The SMILES string of the molecule is COc1ccc(S(=O)(=O)N2CCC2)cc1-c1ccc(CN2CCCCC[C@@H]2c2ccccc2)[nH]1. The monoisotopic (exact) mass is 479 g/mol. The van der Waals surface area contributed by atoms with E-state index in [0.29, 0.717) is 29.8 Å². The van der Waals surface area contributed by atoms with Crippen LogP contribution in [0.3, 0.4) is 0 Å². The Morgan fingerprint density at radius 1 is 0.941 bits per heavy atom. The second-order valence-corrected chi connectivity index (χ2v) is 11.2. The van der Waals surface area contributed by atoms with Crippen LogP contribution in [-0.4, -0.2) is 49.4 Å². The van der Waals surface area contributed by atoms with Gasteiger partial charge in [0.25, 0.3) is 0 Å². The molecular formula is C27H33N3O3S. The molecule has 0 spiro atoms. The van der Waals surface area contributed by atoms with Gasteiger partial charge in [0.05, 0.1) is 12.0 Å². The summed E-state index contributed by atoms with van der Waals surface area (Å²) < 4.78 is 33.0. The molecule has 180 valence electrons. The molecule has 0 bridgehead atoms. The summed E-state index contributed by atoms with van der Waals surface area (Å²) in [7, 11) is -1.84. The summed E-state index contributed by atoms with van der Waals surface area (Å²) in [5.41, 5.74) is 4.14. The van der Waals surface area contributed by atoms with E-state index in [1.807, 2.05) is 6.07 Å². The first-order chi connectivity index (χ1) is 16.6. The molecule has 2 aliphatic rings. The van der Waals surface area contributed by atoms with Crippen molar-refractivity contribution in [3.05, 3.63) is 71.9 Å². The van der Waals surface area contributed by atoms with Crippen LogP contribution in [0.5, 0.6) is 5.75 Å². The Bertz CT molecular complexity index is 1220. The molecule has 2 aromatic carbocycles. The molecule has 1 aromatic heterocycles. The average molecular weight is 480 g/mol. The summed E-state index contributed by atoms with van der Waals surface area (Å²) in [6.45, 7) is 3.08. The Morgan fingerprint density at radius 2 is 1.76 bits per heavy atom. The van der Waals surface area contributed by atoms with Gasteiger partial charge in [-0.1, -0.05) is 43.2 Å². The zero-order valence-electron chi connectivity index (χ0n) is 19.7. The molecule has 0 radical (unpaired) electrons. The third kappa shape index (κ3) is 4.65. The molecule has 0 amide bonds. The van der Waals surface area contributed by atoms with Crippen molar-refractivity contribution in [1.29, 1.82) is 0 Å². The Morgan fingerprint density at radius 3 is 2.50 bits per heavy atom. The maximum absolute atomic E-state index is 12.9. The van der Waals surface area contributed by atoms with Gasteiger partial charge in [-0.05, 0) is 61.7 Å². The zero-order chi connectivity index (χ0) is 23.5. The summed E-state index contributed by atoms with van der Waals surface area (Å²) in [5.74, 6) is 0.660. The second-order valence-electron chi connectivity index (χ2n) is 9.26. The highest BCUT2D eigenvalue weighted by Crippen LogP contribution is 2.35. The minimum absolute atomic E-state index is 0.316. The standard InChI is InChI=1S/C27H33N3O3S/c1-33-27-15-13-23(34(31,32)30-17-8-18-30)19-24(27)25-14-12-22(28-25)20-29-16-7-3-6-11-26(29)21-9-4-2-5-10-21/h2,4-5,9-10,12-15,19,26,28H,3,6-8,11,16-18,20H2,1H3/t26-/m1/s1. The molecular weight excluding hydrogens is 446 g/mol. The van der Waals surface area contributed by atoms with E-state index in [2.05, 4.69) is 46.3 Å². The zero-order valence-corrected chi connectivity index (χ0v) is 20.6. The van der Waals surface area contributed by atoms with E-state index in [0.717, 1.165) is 36.5 Å². The summed E-state index contributed by atoms with van der Waals surface area (Å²) in [4.78, 5) is 6.43. The Balaban J connectivity index is 1.41. The molecule has 0 aliphatic carbocycles. The fraction of sp³-hybridized carbons (Fsp3) is 0.407. The third-order valence-corrected chi connectivity index (χ3v) is 8.98. The van der Waals surface area contributed by atoms with E-state index in [1.165, 1.54) is 35.6 Å². The quantitative estimate of drug-likeness (QED) is 0.506. The molecule has 6 nitrogen and oxygen atoms in total. The molecule has 2 saturated heterocycles. The minimum atomic E-state index is -3.46. The Labute approximate surface area is 202 Å². The van der Waals surface area contributed by atoms with Crippen LogP contribution >= 0.6 is 0 Å². The first-order valence-corrected chi connectivity index (χ1v) is 13.7. The number of hydrogen-bond acceptors (Lipinski definition) is 4. The van der Waals surface area contributed by atoms with E-state index in [9.17, 15) is 8.42 Å². The van der Waals surface area contributed by atoms with Gasteiger partial charge in [-0.2, -0.15) is 4.31 Å². The first-order valence-electron chi connectivity index (χ1n) is 12.2. The van der Waals surface area contributed by atoms with E-state index in [1.54, 1.807) is 25.3 Å². The van der Waals surface area contributed by atoms with E-state index < -0.39 is 10.0 Å². The van der Waals surface area contributed by atoms with Crippen molar-refractivity contribution in [3.8, 4) is 17.0 Å². The number of ether oxygens (including phenoxy) is 1. The van der Waals surface area contributed by atoms with Crippen molar-refractivity contribution < 1.29 is 13.2 Å². The lowest BCUT2D eigenvalue weighted by Gasteiger charge is -2.30. The van der Waals surface area contributed by atoms with Gasteiger partial charge in [-0.25, -0.2) is 8.42 Å². The van der Waals surface area contributed by atoms with Crippen LogP contribution in [-0.2, 0) is 16.6 Å². The molecule has 5 rings (SSSR count). The topological polar surface area (TPSA) is 65.6 Å². The predicted molar refractivity (Wildman–Crippen MR) is 134 cm³/mol. The van der Waals surface area contributed by atoms with Gasteiger partial charge in [0.15, 0.2) is 0 Å². The Hall–Kier alpha value is -2.61. The van der Waals surface area contributed by atoms with Crippen LogP contribution in [0.2, 0.25) is 0 Å². The lowest BCUT2D eigenvalue weighted by atomic mass is 10.0. The van der Waals surface area contributed by atoms with Crippen molar-refractivity contribution in [2.24, 2.45) is 0 Å². The number of sulfonamides is 1. The number of aromatic nitrogens is 1. The van der Waals surface area contributed by atoms with Gasteiger partial charge in [-0.15, -0.1) is 0 Å². The highest BCUT2D eigenvalue weighted by molar-refractivity contribution is 7.89. The lowest BCUT2D eigenvalue weighted by molar-refractivity contribution is 0.190. The van der Waals surface area contributed by atoms with Crippen molar-refractivity contribution in [2.75, 3.05) is 26.7 Å². The fourth-order valence-electron chi connectivity index (χ4n) is 5.05. The van der Waals surface area contributed by atoms with Gasteiger partial charge in [0, 0.05) is 42.6 Å². The summed E-state index contributed by atoms with van der Waals surface area (Å²) >= 11 is 0. The molecule has 0 saturated carbocycles. The fourth-order valence-corrected chi connectivity index (χ4v) is 6.60. The molecule has 2 fully saturated rings. The molecule has 1 atom stereocenters. The molecule has 34 heavy (non-hydrogen) atoms. The molecule has 3 heterocycles. The van der Waals surface area contributed by atoms with E-state index >= 15 is 0 Å². The highest BCUT2D eigenvalue weighted by Gasteiger charge is 2.30. The smallest absolute Gasteiger partial charge is 0.243 e. The van der Waals surface area contributed by atoms with Gasteiger partial charge < -0.3 is 9.72 Å².